The van der Waals surface area contributed by atoms with Crippen LogP contribution in [0.4, 0.5) is 5.82 Å². The molecule has 0 aliphatic rings. The Hall–Kier alpha value is -0.830. The standard InChI is InChI=1S/C10H16ClN3/c1-2-3-4-5-7-12-9-6-8-13-10(11)14-9/h6,8H,2-5,7H2,1H3,(H,12,13,14). The van der Waals surface area contributed by atoms with E-state index >= 15 is 0 Å². The van der Waals surface area contributed by atoms with Crippen LogP contribution >= 0.6 is 11.6 Å². The van der Waals surface area contributed by atoms with Gasteiger partial charge in [0.25, 0.3) is 0 Å². The molecule has 0 amide bonds. The molecule has 0 aliphatic heterocycles. The summed E-state index contributed by atoms with van der Waals surface area (Å²) in [5.41, 5.74) is 0. The van der Waals surface area contributed by atoms with E-state index in [4.69, 9.17) is 11.6 Å². The normalized spacial score (nSPS) is 10.1. The van der Waals surface area contributed by atoms with Crippen LogP contribution in [0.5, 0.6) is 0 Å². The summed E-state index contributed by atoms with van der Waals surface area (Å²) in [6.45, 7) is 3.16. The molecule has 1 rings (SSSR count). The highest BCUT2D eigenvalue weighted by atomic mass is 35.5. The van der Waals surface area contributed by atoms with Crippen molar-refractivity contribution in [1.82, 2.24) is 9.97 Å². The molecule has 0 atom stereocenters. The maximum atomic E-state index is 5.65. The van der Waals surface area contributed by atoms with Crippen molar-refractivity contribution >= 4 is 17.4 Å². The molecule has 0 fully saturated rings. The van der Waals surface area contributed by atoms with E-state index in [0.29, 0.717) is 5.28 Å². The van der Waals surface area contributed by atoms with Crippen molar-refractivity contribution in [1.29, 1.82) is 0 Å². The first-order valence-corrected chi connectivity index (χ1v) is 5.43. The zero-order chi connectivity index (χ0) is 10.2. The van der Waals surface area contributed by atoms with E-state index < -0.39 is 0 Å². The van der Waals surface area contributed by atoms with E-state index in [-0.39, 0.29) is 0 Å². The average molecular weight is 214 g/mol. The van der Waals surface area contributed by atoms with Crippen LogP contribution in [0.25, 0.3) is 0 Å². The first kappa shape index (κ1) is 11.2. The van der Waals surface area contributed by atoms with Gasteiger partial charge in [-0.3, -0.25) is 0 Å². The molecule has 0 unspecified atom stereocenters. The molecule has 0 spiro atoms. The molecule has 1 heterocycles. The van der Waals surface area contributed by atoms with E-state index in [1.165, 1.54) is 25.7 Å². The van der Waals surface area contributed by atoms with Crippen LogP contribution in [-0.2, 0) is 0 Å². The molecular formula is C10H16ClN3. The van der Waals surface area contributed by atoms with Gasteiger partial charge < -0.3 is 5.32 Å². The SMILES string of the molecule is CCCCCCNc1ccnc(Cl)n1. The van der Waals surface area contributed by atoms with Gasteiger partial charge >= 0.3 is 0 Å². The molecule has 78 valence electrons. The van der Waals surface area contributed by atoms with Gasteiger partial charge in [-0.25, -0.2) is 9.97 Å². The third kappa shape index (κ3) is 4.42. The molecule has 0 aromatic carbocycles. The van der Waals surface area contributed by atoms with Crippen LogP contribution in [0, 0.1) is 0 Å². The van der Waals surface area contributed by atoms with E-state index in [0.717, 1.165) is 12.4 Å². The third-order valence-corrected chi connectivity index (χ3v) is 2.14. The fraction of sp³-hybridized carbons (Fsp3) is 0.600. The van der Waals surface area contributed by atoms with Crippen LogP contribution in [0.2, 0.25) is 5.28 Å². The molecule has 0 bridgehead atoms. The summed E-state index contributed by atoms with van der Waals surface area (Å²) >= 11 is 5.65. The van der Waals surface area contributed by atoms with Gasteiger partial charge in [0.2, 0.25) is 5.28 Å². The van der Waals surface area contributed by atoms with Crippen molar-refractivity contribution < 1.29 is 0 Å². The largest absolute Gasteiger partial charge is 0.370 e. The first-order chi connectivity index (χ1) is 6.83. The van der Waals surface area contributed by atoms with Crippen LogP contribution in [0.1, 0.15) is 32.6 Å². The lowest BCUT2D eigenvalue weighted by Crippen LogP contribution is -2.03. The number of anilines is 1. The third-order valence-electron chi connectivity index (χ3n) is 1.96. The lowest BCUT2D eigenvalue weighted by molar-refractivity contribution is 0.684. The number of unbranched alkanes of at least 4 members (excludes halogenated alkanes) is 3. The zero-order valence-corrected chi connectivity index (χ0v) is 9.22. The predicted octanol–water partition coefficient (Wildman–Crippen LogP) is 3.12. The highest BCUT2D eigenvalue weighted by Gasteiger charge is 1.94. The number of rotatable bonds is 6. The minimum atomic E-state index is 0.295. The van der Waals surface area contributed by atoms with E-state index in [2.05, 4.69) is 22.2 Å². The first-order valence-electron chi connectivity index (χ1n) is 5.05. The summed E-state index contributed by atoms with van der Waals surface area (Å²) in [5.74, 6) is 0.807. The molecule has 3 nitrogen and oxygen atoms in total. The van der Waals surface area contributed by atoms with Gasteiger partial charge in [0, 0.05) is 12.7 Å². The predicted molar refractivity (Wildman–Crippen MR) is 59.7 cm³/mol. The second kappa shape index (κ2) is 6.60. The number of nitrogens with zero attached hydrogens (tertiary/aromatic N) is 2. The van der Waals surface area contributed by atoms with Crippen molar-refractivity contribution in [2.75, 3.05) is 11.9 Å². The quantitative estimate of drug-likeness (QED) is 0.583. The molecule has 14 heavy (non-hydrogen) atoms. The van der Waals surface area contributed by atoms with Gasteiger partial charge in [-0.05, 0) is 24.1 Å². The Morgan fingerprint density at radius 2 is 2.21 bits per heavy atom. The molecule has 1 aromatic heterocycles. The van der Waals surface area contributed by atoms with Crippen molar-refractivity contribution in [3.05, 3.63) is 17.5 Å². The Morgan fingerprint density at radius 1 is 1.36 bits per heavy atom. The lowest BCUT2D eigenvalue weighted by atomic mass is 10.2. The Bertz CT molecular complexity index is 265. The number of halogens is 1. The van der Waals surface area contributed by atoms with Crippen LogP contribution in [0.15, 0.2) is 12.3 Å². The zero-order valence-electron chi connectivity index (χ0n) is 8.46. The summed E-state index contributed by atoms with van der Waals surface area (Å²) in [7, 11) is 0. The van der Waals surface area contributed by atoms with E-state index in [1.807, 2.05) is 6.07 Å². The summed E-state index contributed by atoms with van der Waals surface area (Å²) in [5, 5.41) is 3.50. The molecular weight excluding hydrogens is 198 g/mol. The average Bonchev–Trinajstić information content (AvgIpc) is 2.18. The number of hydrogen-bond donors (Lipinski definition) is 1. The highest BCUT2D eigenvalue weighted by Crippen LogP contribution is 2.06. The van der Waals surface area contributed by atoms with E-state index in [1.54, 1.807) is 6.20 Å². The monoisotopic (exact) mass is 213 g/mol. The van der Waals surface area contributed by atoms with Gasteiger partial charge in [0.15, 0.2) is 0 Å². The number of nitrogens with one attached hydrogen (secondary N) is 1. The minimum Gasteiger partial charge on any atom is -0.370 e. The number of aromatic nitrogens is 2. The maximum absolute atomic E-state index is 5.65. The topological polar surface area (TPSA) is 37.8 Å². The fourth-order valence-electron chi connectivity index (χ4n) is 1.20. The van der Waals surface area contributed by atoms with Gasteiger partial charge in [-0.15, -0.1) is 0 Å². The molecule has 1 aromatic rings. The molecule has 1 N–H and O–H groups in total. The second-order valence-electron chi connectivity index (χ2n) is 3.20. The summed E-state index contributed by atoms with van der Waals surface area (Å²) in [6.07, 6.45) is 6.66. The Kier molecular flexibility index (Phi) is 5.30. The molecule has 4 heteroatoms. The van der Waals surface area contributed by atoms with Crippen molar-refractivity contribution in [3.63, 3.8) is 0 Å². The van der Waals surface area contributed by atoms with Gasteiger partial charge in [0.05, 0.1) is 0 Å². The summed E-state index contributed by atoms with van der Waals surface area (Å²) in [6, 6.07) is 1.83. The second-order valence-corrected chi connectivity index (χ2v) is 3.54. The lowest BCUT2D eigenvalue weighted by Gasteiger charge is -2.04. The molecule has 0 saturated heterocycles. The molecule has 0 radical (unpaired) electrons. The van der Waals surface area contributed by atoms with Crippen molar-refractivity contribution in [3.8, 4) is 0 Å². The van der Waals surface area contributed by atoms with E-state index in [9.17, 15) is 0 Å². The van der Waals surface area contributed by atoms with Crippen LogP contribution < -0.4 is 5.32 Å². The summed E-state index contributed by atoms with van der Waals surface area (Å²) < 4.78 is 0. The van der Waals surface area contributed by atoms with Crippen molar-refractivity contribution in [2.45, 2.75) is 32.6 Å². The van der Waals surface area contributed by atoms with Crippen molar-refractivity contribution in [2.24, 2.45) is 0 Å². The molecule has 0 aliphatic carbocycles. The fourth-order valence-corrected chi connectivity index (χ4v) is 1.35. The number of hydrogen-bond acceptors (Lipinski definition) is 3. The Morgan fingerprint density at radius 3 is 2.93 bits per heavy atom. The Balaban J connectivity index is 2.18. The minimum absolute atomic E-state index is 0.295. The summed E-state index contributed by atoms with van der Waals surface area (Å²) in [4.78, 5) is 7.85. The molecule has 0 saturated carbocycles. The van der Waals surface area contributed by atoms with Crippen LogP contribution in [0.3, 0.4) is 0 Å². The van der Waals surface area contributed by atoms with Gasteiger partial charge in [-0.2, -0.15) is 0 Å². The van der Waals surface area contributed by atoms with Gasteiger partial charge in [0.1, 0.15) is 5.82 Å². The Labute approximate surface area is 89.9 Å². The highest BCUT2D eigenvalue weighted by molar-refractivity contribution is 6.28. The van der Waals surface area contributed by atoms with Crippen LogP contribution in [-0.4, -0.2) is 16.5 Å². The van der Waals surface area contributed by atoms with Gasteiger partial charge in [-0.1, -0.05) is 26.2 Å². The maximum Gasteiger partial charge on any atom is 0.224 e. The smallest absolute Gasteiger partial charge is 0.224 e.